The maximum Gasteiger partial charge on any atom is 0.272 e. The molecule has 1 atom stereocenters. The molecule has 1 amide bonds. The van der Waals surface area contributed by atoms with Gasteiger partial charge in [0.2, 0.25) is 0 Å². The predicted molar refractivity (Wildman–Crippen MR) is 82.6 cm³/mol. The first-order chi connectivity index (χ1) is 10.6. The van der Waals surface area contributed by atoms with Crippen LogP contribution in [0.4, 0.5) is 5.82 Å². The van der Waals surface area contributed by atoms with E-state index in [2.05, 4.69) is 15.2 Å². The molecule has 3 rings (SSSR count). The molecule has 1 unspecified atom stereocenters. The number of hydrogen-bond acceptors (Lipinski definition) is 5. The maximum atomic E-state index is 12.7. The van der Waals surface area contributed by atoms with E-state index in [0.717, 1.165) is 30.9 Å². The summed E-state index contributed by atoms with van der Waals surface area (Å²) in [5.41, 5.74) is 1.45. The third kappa shape index (κ3) is 2.54. The Morgan fingerprint density at radius 2 is 2.14 bits per heavy atom. The molecule has 0 N–H and O–H groups in total. The van der Waals surface area contributed by atoms with Crippen LogP contribution in [0.15, 0.2) is 24.7 Å². The quantitative estimate of drug-likeness (QED) is 0.853. The summed E-state index contributed by atoms with van der Waals surface area (Å²) < 4.78 is 1.75. The van der Waals surface area contributed by atoms with Crippen molar-refractivity contribution in [3.05, 3.63) is 36.0 Å². The summed E-state index contributed by atoms with van der Waals surface area (Å²) in [5.74, 6) is 0.812. The first kappa shape index (κ1) is 14.5. The van der Waals surface area contributed by atoms with E-state index in [0.29, 0.717) is 5.69 Å². The van der Waals surface area contributed by atoms with Crippen molar-refractivity contribution in [1.29, 1.82) is 0 Å². The van der Waals surface area contributed by atoms with Crippen molar-refractivity contribution in [3.63, 3.8) is 0 Å². The monoisotopic (exact) mass is 300 g/mol. The average molecular weight is 300 g/mol. The predicted octanol–water partition coefficient (Wildman–Crippen LogP) is 1.25. The highest BCUT2D eigenvalue weighted by Crippen LogP contribution is 2.32. The highest BCUT2D eigenvalue weighted by atomic mass is 16.2. The van der Waals surface area contributed by atoms with E-state index < -0.39 is 0 Å². The van der Waals surface area contributed by atoms with E-state index >= 15 is 0 Å². The number of hydrogen-bond donors (Lipinski definition) is 0. The largest absolute Gasteiger partial charge is 0.361 e. The van der Waals surface area contributed by atoms with Gasteiger partial charge in [0.25, 0.3) is 5.91 Å². The molecule has 3 heterocycles. The Bertz CT molecular complexity index is 663. The van der Waals surface area contributed by atoms with Crippen LogP contribution in [0.1, 0.15) is 35.1 Å². The summed E-state index contributed by atoms with van der Waals surface area (Å²) in [5, 5.41) is 8.53. The normalized spacial score (nSPS) is 17.8. The van der Waals surface area contributed by atoms with Gasteiger partial charge in [-0.2, -0.15) is 5.10 Å². The fourth-order valence-corrected chi connectivity index (χ4v) is 2.78. The lowest BCUT2D eigenvalue weighted by molar-refractivity contribution is 0.0722. The van der Waals surface area contributed by atoms with Crippen molar-refractivity contribution in [2.75, 3.05) is 25.5 Å². The minimum absolute atomic E-state index is 0.000913. The molecule has 0 saturated carbocycles. The van der Waals surface area contributed by atoms with Gasteiger partial charge >= 0.3 is 0 Å². The SMILES string of the molecule is CN(C)c1ccc(C2CCCN2C(=O)c2cncn2C)nn1. The Kier molecular flexibility index (Phi) is 3.79. The van der Waals surface area contributed by atoms with Crippen molar-refractivity contribution in [1.82, 2.24) is 24.6 Å². The molecule has 0 spiro atoms. The summed E-state index contributed by atoms with van der Waals surface area (Å²) in [7, 11) is 5.69. The molecule has 1 aliphatic rings. The standard InChI is InChI=1S/C15H20N6O/c1-19(2)14-7-6-11(17-18-14)12-5-4-8-21(12)15(22)13-9-16-10-20(13)3/h6-7,9-10,12H,4-5,8H2,1-3H3. The molecule has 7 heteroatoms. The lowest BCUT2D eigenvalue weighted by Crippen LogP contribution is -2.32. The Morgan fingerprint density at radius 3 is 2.73 bits per heavy atom. The molecule has 0 aliphatic carbocycles. The van der Waals surface area contributed by atoms with Crippen LogP contribution in [0.25, 0.3) is 0 Å². The molecule has 0 radical (unpaired) electrons. The Labute approximate surface area is 129 Å². The van der Waals surface area contributed by atoms with E-state index in [1.54, 1.807) is 17.1 Å². The molecule has 0 bridgehead atoms. The fraction of sp³-hybridized carbons (Fsp3) is 0.467. The smallest absolute Gasteiger partial charge is 0.272 e. The van der Waals surface area contributed by atoms with E-state index in [-0.39, 0.29) is 11.9 Å². The maximum absolute atomic E-state index is 12.7. The number of anilines is 1. The molecule has 22 heavy (non-hydrogen) atoms. The minimum atomic E-state index is -0.00823. The molecule has 2 aromatic heterocycles. The molecule has 1 fully saturated rings. The van der Waals surface area contributed by atoms with E-state index in [1.165, 1.54) is 0 Å². The van der Waals surface area contributed by atoms with E-state index in [1.807, 2.05) is 43.1 Å². The zero-order valence-electron chi connectivity index (χ0n) is 13.1. The molecular formula is C15H20N6O. The van der Waals surface area contributed by atoms with Gasteiger partial charge in [0.05, 0.1) is 24.3 Å². The zero-order chi connectivity index (χ0) is 15.7. The molecule has 1 saturated heterocycles. The highest BCUT2D eigenvalue weighted by Gasteiger charge is 2.32. The summed E-state index contributed by atoms with van der Waals surface area (Å²) in [6.45, 7) is 0.742. The number of amides is 1. The number of carbonyl (C=O) groups excluding carboxylic acids is 1. The van der Waals surface area contributed by atoms with Gasteiger partial charge in [-0.1, -0.05) is 0 Å². The van der Waals surface area contributed by atoms with Crippen LogP contribution in [0.5, 0.6) is 0 Å². The van der Waals surface area contributed by atoms with E-state index in [9.17, 15) is 4.79 Å². The molecule has 1 aliphatic heterocycles. The van der Waals surface area contributed by atoms with Crippen LogP contribution in [0, 0.1) is 0 Å². The number of aryl methyl sites for hydroxylation is 1. The highest BCUT2D eigenvalue weighted by molar-refractivity contribution is 5.92. The summed E-state index contributed by atoms with van der Waals surface area (Å²) in [6.07, 6.45) is 5.15. The number of carbonyl (C=O) groups is 1. The van der Waals surface area contributed by atoms with Gasteiger partial charge in [-0.05, 0) is 25.0 Å². The van der Waals surface area contributed by atoms with Gasteiger partial charge in [0, 0.05) is 27.7 Å². The minimum Gasteiger partial charge on any atom is -0.361 e. The zero-order valence-corrected chi connectivity index (χ0v) is 13.1. The first-order valence-corrected chi connectivity index (χ1v) is 7.36. The van der Waals surface area contributed by atoms with Gasteiger partial charge < -0.3 is 14.4 Å². The number of nitrogens with zero attached hydrogens (tertiary/aromatic N) is 6. The summed E-state index contributed by atoms with van der Waals surface area (Å²) in [4.78, 5) is 20.5. The molecule has 7 nitrogen and oxygen atoms in total. The van der Waals surface area contributed by atoms with Gasteiger partial charge in [0.1, 0.15) is 5.69 Å². The van der Waals surface area contributed by atoms with Crippen LogP contribution in [-0.2, 0) is 7.05 Å². The van der Waals surface area contributed by atoms with Gasteiger partial charge in [-0.3, -0.25) is 4.79 Å². The Morgan fingerprint density at radius 1 is 1.32 bits per heavy atom. The van der Waals surface area contributed by atoms with Crippen LogP contribution in [0.2, 0.25) is 0 Å². The van der Waals surface area contributed by atoms with E-state index in [4.69, 9.17) is 0 Å². The summed E-state index contributed by atoms with van der Waals surface area (Å²) >= 11 is 0. The second kappa shape index (κ2) is 5.75. The number of likely N-dealkylation sites (tertiary alicyclic amines) is 1. The van der Waals surface area contributed by atoms with Crippen LogP contribution >= 0.6 is 0 Å². The number of imidazole rings is 1. The second-order valence-electron chi connectivity index (χ2n) is 5.76. The fourth-order valence-electron chi connectivity index (χ4n) is 2.78. The Hall–Kier alpha value is -2.44. The van der Waals surface area contributed by atoms with Crippen molar-refractivity contribution in [3.8, 4) is 0 Å². The summed E-state index contributed by atoms with van der Waals surface area (Å²) in [6, 6.07) is 3.89. The van der Waals surface area contributed by atoms with Crippen LogP contribution in [0.3, 0.4) is 0 Å². The third-order valence-electron chi connectivity index (χ3n) is 4.02. The van der Waals surface area contributed by atoms with Gasteiger partial charge in [-0.15, -0.1) is 5.10 Å². The lowest BCUT2D eigenvalue weighted by atomic mass is 10.1. The van der Waals surface area contributed by atoms with Gasteiger partial charge in [-0.25, -0.2) is 4.98 Å². The molecular weight excluding hydrogens is 280 g/mol. The van der Waals surface area contributed by atoms with Crippen molar-refractivity contribution in [2.24, 2.45) is 7.05 Å². The van der Waals surface area contributed by atoms with Crippen molar-refractivity contribution in [2.45, 2.75) is 18.9 Å². The Balaban J connectivity index is 1.84. The first-order valence-electron chi connectivity index (χ1n) is 7.36. The average Bonchev–Trinajstić information content (AvgIpc) is 3.15. The molecule has 2 aromatic rings. The second-order valence-corrected chi connectivity index (χ2v) is 5.76. The topological polar surface area (TPSA) is 67.2 Å². The van der Waals surface area contributed by atoms with Crippen molar-refractivity contribution < 1.29 is 4.79 Å². The lowest BCUT2D eigenvalue weighted by Gasteiger charge is -2.24. The van der Waals surface area contributed by atoms with Crippen LogP contribution in [-0.4, -0.2) is 51.2 Å². The van der Waals surface area contributed by atoms with Gasteiger partial charge in [0.15, 0.2) is 5.82 Å². The third-order valence-corrected chi connectivity index (χ3v) is 4.02. The molecule has 0 aromatic carbocycles. The molecule has 116 valence electrons. The van der Waals surface area contributed by atoms with Crippen molar-refractivity contribution >= 4 is 11.7 Å². The number of rotatable bonds is 3. The number of aromatic nitrogens is 4. The van der Waals surface area contributed by atoms with Crippen LogP contribution < -0.4 is 4.90 Å².